The van der Waals surface area contributed by atoms with Crippen molar-refractivity contribution in [1.29, 1.82) is 0 Å². The summed E-state index contributed by atoms with van der Waals surface area (Å²) in [5, 5.41) is 8.75. The molecule has 0 saturated heterocycles. The van der Waals surface area contributed by atoms with E-state index in [4.69, 9.17) is 9.97 Å². The second-order valence-corrected chi connectivity index (χ2v) is 13.8. The molecule has 204 valence electrons. The first-order valence-corrected chi connectivity index (χ1v) is 15.8. The molecule has 0 amide bonds. The zero-order valence-electron chi connectivity index (χ0n) is 23.9. The molecular weight excluding hydrogens is 510 g/mol. The van der Waals surface area contributed by atoms with E-state index in [1.54, 1.807) is 0 Å². The van der Waals surface area contributed by atoms with Crippen LogP contribution in [-0.4, -0.2) is 14.5 Å². The Labute approximate surface area is 245 Å². The third-order valence-corrected chi connectivity index (χ3v) is 11.4. The number of hydrogen-bond acceptors (Lipinski definition) is 2. The lowest BCUT2D eigenvalue weighted by Gasteiger charge is -2.42. The first-order chi connectivity index (χ1) is 20.6. The maximum absolute atomic E-state index is 5.70. The Morgan fingerprint density at radius 3 is 2.26 bits per heavy atom. The lowest BCUT2D eigenvalue weighted by atomic mass is 9.63. The lowest BCUT2D eigenvalue weighted by molar-refractivity contribution is 0.0779. The van der Waals surface area contributed by atoms with Crippen LogP contribution < -0.4 is 0 Å². The van der Waals surface area contributed by atoms with E-state index in [-0.39, 0.29) is 5.41 Å². The van der Waals surface area contributed by atoms with E-state index in [1.807, 2.05) is 0 Å². The lowest BCUT2D eigenvalue weighted by Crippen LogP contribution is -2.34. The number of rotatable bonds is 2. The third kappa shape index (κ3) is 3.06. The molecule has 0 radical (unpaired) electrons. The Hall–Kier alpha value is -4.24. The van der Waals surface area contributed by atoms with Crippen molar-refractivity contribution in [3.63, 3.8) is 0 Å². The molecular formula is C39H33N3. The number of para-hydroxylation sites is 1. The molecule has 10 rings (SSSR count). The van der Waals surface area contributed by atoms with Crippen molar-refractivity contribution in [2.24, 2.45) is 23.7 Å². The molecule has 2 heterocycles. The van der Waals surface area contributed by atoms with Crippen LogP contribution >= 0.6 is 0 Å². The summed E-state index contributed by atoms with van der Waals surface area (Å²) in [5.41, 5.74) is 4.89. The van der Waals surface area contributed by atoms with Crippen LogP contribution in [0.2, 0.25) is 0 Å². The SMILES string of the molecule is C[C@H]1CC2C[C@H]3CC(c4nc(-n5c6ccccc6c6cc7ccccc7cc65)nc5c4ccc4ccccc45)(CC23)C1. The number of nitrogens with zero attached hydrogens (tertiary/aromatic N) is 3. The van der Waals surface area contributed by atoms with Crippen molar-refractivity contribution in [3.05, 3.63) is 103 Å². The maximum atomic E-state index is 5.70. The molecule has 3 fully saturated rings. The van der Waals surface area contributed by atoms with Gasteiger partial charge in [-0.25, -0.2) is 9.97 Å². The minimum absolute atomic E-state index is 0.129. The van der Waals surface area contributed by atoms with Crippen molar-refractivity contribution in [1.82, 2.24) is 14.5 Å². The van der Waals surface area contributed by atoms with Gasteiger partial charge in [0.05, 0.1) is 22.2 Å². The summed E-state index contributed by atoms with van der Waals surface area (Å²) in [7, 11) is 0. The third-order valence-electron chi connectivity index (χ3n) is 11.4. The first-order valence-electron chi connectivity index (χ1n) is 15.8. The molecule has 3 unspecified atom stereocenters. The largest absolute Gasteiger partial charge is 0.278 e. The van der Waals surface area contributed by atoms with Crippen molar-refractivity contribution >= 4 is 54.3 Å². The fraction of sp³-hybridized carbons (Fsp3) is 0.282. The van der Waals surface area contributed by atoms with Crippen LogP contribution in [0, 0.1) is 23.7 Å². The van der Waals surface area contributed by atoms with Crippen LogP contribution in [0.3, 0.4) is 0 Å². The van der Waals surface area contributed by atoms with Crippen molar-refractivity contribution in [3.8, 4) is 5.95 Å². The molecule has 0 spiro atoms. The second kappa shape index (κ2) is 8.19. The van der Waals surface area contributed by atoms with Crippen LogP contribution in [0.5, 0.6) is 0 Å². The summed E-state index contributed by atoms with van der Waals surface area (Å²) in [4.78, 5) is 11.2. The molecule has 0 N–H and O–H groups in total. The summed E-state index contributed by atoms with van der Waals surface area (Å²) < 4.78 is 2.35. The van der Waals surface area contributed by atoms with Crippen molar-refractivity contribution in [2.75, 3.05) is 0 Å². The molecule has 42 heavy (non-hydrogen) atoms. The molecule has 3 aliphatic rings. The van der Waals surface area contributed by atoms with Gasteiger partial charge in [-0.2, -0.15) is 0 Å². The molecule has 0 aliphatic heterocycles. The van der Waals surface area contributed by atoms with Crippen LogP contribution in [-0.2, 0) is 5.41 Å². The highest BCUT2D eigenvalue weighted by Gasteiger charge is 2.58. The normalized spacial score (nSPS) is 26.8. The fourth-order valence-electron chi connectivity index (χ4n) is 9.75. The van der Waals surface area contributed by atoms with Crippen molar-refractivity contribution in [2.45, 2.75) is 44.4 Å². The van der Waals surface area contributed by atoms with E-state index in [2.05, 4.69) is 109 Å². The Bertz CT molecular complexity index is 2240. The topological polar surface area (TPSA) is 30.7 Å². The minimum Gasteiger partial charge on any atom is -0.278 e. The smallest absolute Gasteiger partial charge is 0.235 e. The summed E-state index contributed by atoms with van der Waals surface area (Å²) in [6, 6.07) is 35.5. The number of hydrogen-bond donors (Lipinski definition) is 0. The van der Waals surface area contributed by atoms with Gasteiger partial charge in [0.2, 0.25) is 5.95 Å². The Balaban J connectivity index is 1.34. The molecule has 5 aromatic carbocycles. The molecule has 2 aromatic heterocycles. The van der Waals surface area contributed by atoms with E-state index < -0.39 is 0 Å². The van der Waals surface area contributed by atoms with E-state index in [9.17, 15) is 0 Å². The minimum atomic E-state index is 0.129. The summed E-state index contributed by atoms with van der Waals surface area (Å²) in [6.45, 7) is 2.49. The van der Waals surface area contributed by atoms with Crippen LogP contribution in [0.25, 0.3) is 60.2 Å². The van der Waals surface area contributed by atoms with Gasteiger partial charge < -0.3 is 0 Å². The molecule has 3 nitrogen and oxygen atoms in total. The Morgan fingerprint density at radius 1 is 0.619 bits per heavy atom. The zero-order valence-corrected chi connectivity index (χ0v) is 23.9. The highest BCUT2D eigenvalue weighted by molar-refractivity contribution is 6.13. The zero-order chi connectivity index (χ0) is 27.6. The van der Waals surface area contributed by atoms with E-state index in [1.165, 1.54) is 86.5 Å². The summed E-state index contributed by atoms with van der Waals surface area (Å²) >= 11 is 0. The van der Waals surface area contributed by atoms with Gasteiger partial charge in [0.15, 0.2) is 0 Å². The van der Waals surface area contributed by atoms with E-state index in [0.717, 1.165) is 35.1 Å². The van der Waals surface area contributed by atoms with Gasteiger partial charge in [-0.1, -0.05) is 85.8 Å². The van der Waals surface area contributed by atoms with Crippen LogP contribution in [0.4, 0.5) is 0 Å². The molecule has 3 saturated carbocycles. The second-order valence-electron chi connectivity index (χ2n) is 13.8. The highest BCUT2D eigenvalue weighted by atomic mass is 15.2. The van der Waals surface area contributed by atoms with Gasteiger partial charge in [-0.05, 0) is 90.1 Å². The maximum Gasteiger partial charge on any atom is 0.235 e. The predicted octanol–water partition coefficient (Wildman–Crippen LogP) is 9.75. The first kappa shape index (κ1) is 23.3. The summed E-state index contributed by atoms with van der Waals surface area (Å²) in [6.07, 6.45) is 6.64. The summed E-state index contributed by atoms with van der Waals surface area (Å²) in [5.74, 6) is 4.22. The average molecular weight is 544 g/mol. The van der Waals surface area contributed by atoms with Gasteiger partial charge in [0, 0.05) is 27.0 Å². The molecule has 3 aliphatic carbocycles. The quantitative estimate of drug-likeness (QED) is 0.203. The molecule has 3 heteroatoms. The van der Waals surface area contributed by atoms with E-state index in [0.29, 0.717) is 0 Å². The van der Waals surface area contributed by atoms with Gasteiger partial charge >= 0.3 is 0 Å². The van der Waals surface area contributed by atoms with Gasteiger partial charge in [-0.15, -0.1) is 0 Å². The van der Waals surface area contributed by atoms with E-state index >= 15 is 0 Å². The standard InChI is InChI=1S/C39H33N3/c1-23-16-27-17-28-21-39(20-23,22-33(27)28)37-31-15-14-24-8-4-5-11-29(24)36(31)40-38(41-37)42-34-13-7-6-12-30(34)32-18-25-9-2-3-10-26(25)19-35(32)42/h2-15,18-19,23,27-28,33H,16-17,20-22H2,1H3/t23-,27?,28-,33?,39?/m0/s1. The number of aromatic nitrogens is 3. The number of fused-ring (bicyclic) bond motifs is 8. The molecule has 2 bridgehead atoms. The Kier molecular flexibility index (Phi) is 4.55. The highest BCUT2D eigenvalue weighted by Crippen LogP contribution is 2.65. The Morgan fingerprint density at radius 2 is 1.38 bits per heavy atom. The molecule has 5 atom stereocenters. The van der Waals surface area contributed by atoms with Gasteiger partial charge in [0.25, 0.3) is 0 Å². The van der Waals surface area contributed by atoms with Crippen LogP contribution in [0.15, 0.2) is 97.1 Å². The van der Waals surface area contributed by atoms with Gasteiger partial charge in [-0.3, -0.25) is 4.57 Å². The average Bonchev–Trinajstić information content (AvgIpc) is 3.45. The van der Waals surface area contributed by atoms with Crippen LogP contribution in [0.1, 0.15) is 44.7 Å². The molecule has 7 aromatic rings. The van der Waals surface area contributed by atoms with Gasteiger partial charge in [0.1, 0.15) is 0 Å². The fourth-order valence-corrected chi connectivity index (χ4v) is 9.75. The number of benzene rings is 5. The monoisotopic (exact) mass is 543 g/mol. The van der Waals surface area contributed by atoms with Crippen molar-refractivity contribution < 1.29 is 0 Å². The predicted molar refractivity (Wildman–Crippen MR) is 173 cm³/mol.